The van der Waals surface area contributed by atoms with Crippen molar-refractivity contribution in [3.05, 3.63) is 0 Å². The van der Waals surface area contributed by atoms with E-state index in [1.807, 2.05) is 82.5 Å². The van der Waals surface area contributed by atoms with Crippen LogP contribution >= 0.6 is 34.2 Å². The van der Waals surface area contributed by atoms with Crippen molar-refractivity contribution in [2.24, 2.45) is 41.4 Å². The monoisotopic (exact) mass is 1980 g/mol. The molecule has 6 saturated heterocycles. The van der Waals surface area contributed by atoms with Gasteiger partial charge in [0.25, 0.3) is 0 Å². The second-order valence-corrected chi connectivity index (χ2v) is 43.7. The molecular formula is C94H170N6O31S3. The number of aliphatic hydroxyl groups excluding tert-OH is 4. The normalized spacial score (nSPS) is 41.6. The zero-order valence-corrected chi connectivity index (χ0v) is 88.2. The van der Waals surface area contributed by atoms with Gasteiger partial charge in [-0.2, -0.15) is 12.6 Å². The quantitative estimate of drug-likeness (QED) is 0.0141. The highest BCUT2D eigenvalue weighted by Crippen LogP contribution is 2.45. The van der Waals surface area contributed by atoms with Crippen molar-refractivity contribution in [1.82, 2.24) is 30.2 Å². The van der Waals surface area contributed by atoms with E-state index in [4.69, 9.17) is 71.1 Å². The lowest BCUT2D eigenvalue weighted by Gasteiger charge is -2.49. The molecule has 780 valence electrons. The number of esters is 5. The molecule has 37 nitrogen and oxygen atoms in total. The first-order valence-electron chi connectivity index (χ1n) is 47.6. The number of nitrogens with zero attached hydrogens (tertiary/aromatic N) is 4. The molecule has 0 unspecified atom stereocenters. The first-order valence-corrected chi connectivity index (χ1v) is 50.7. The summed E-state index contributed by atoms with van der Waals surface area (Å²) in [5.41, 5.74) is -9.36. The van der Waals surface area contributed by atoms with Crippen molar-refractivity contribution in [2.75, 3.05) is 93.5 Å². The van der Waals surface area contributed by atoms with Crippen LogP contribution in [0, 0.1) is 41.4 Å². The number of nitrogens with one attached hydrogen (secondary N) is 2. The van der Waals surface area contributed by atoms with Crippen LogP contribution in [0.25, 0.3) is 0 Å². The molecule has 10 N–H and O–H groups in total. The topological polar surface area (TPSA) is 474 Å². The average Bonchev–Trinajstić information content (AvgIpc) is 1.00. The molecule has 39 atom stereocenters. The number of ketones is 1. The molecule has 0 aromatic carbocycles. The van der Waals surface area contributed by atoms with Gasteiger partial charge in [0.2, 0.25) is 11.8 Å². The highest BCUT2D eigenvalue weighted by molar-refractivity contribution is 8.76. The predicted molar refractivity (Wildman–Crippen MR) is 506 cm³/mol. The van der Waals surface area contributed by atoms with E-state index >= 15 is 0 Å². The third-order valence-electron chi connectivity index (χ3n) is 28.1. The van der Waals surface area contributed by atoms with Crippen molar-refractivity contribution >= 4 is 81.7 Å². The maximum atomic E-state index is 14.6. The number of methoxy groups -OCH3 is 2. The first kappa shape index (κ1) is 121. The number of hydrogen-bond donors (Lipinski definition) is 11. The summed E-state index contributed by atoms with van der Waals surface area (Å²) in [6, 6.07) is -4.38. The number of carbonyl (C=O) groups is 8. The van der Waals surface area contributed by atoms with Crippen LogP contribution in [-0.4, -0.2) is 394 Å². The van der Waals surface area contributed by atoms with E-state index < -0.39 is 258 Å². The summed E-state index contributed by atoms with van der Waals surface area (Å²) in [7, 11) is 16.4. The van der Waals surface area contributed by atoms with E-state index in [9.17, 15) is 79.2 Å². The number of rotatable bonds is 30. The summed E-state index contributed by atoms with van der Waals surface area (Å²) in [5.74, 6) is -9.65. The van der Waals surface area contributed by atoms with Crippen molar-refractivity contribution < 1.29 is 150 Å². The van der Waals surface area contributed by atoms with Gasteiger partial charge >= 0.3 is 29.8 Å². The lowest BCUT2D eigenvalue weighted by molar-refractivity contribution is -0.319. The van der Waals surface area contributed by atoms with Crippen LogP contribution < -0.4 is 10.6 Å². The third-order valence-corrected chi connectivity index (χ3v) is 31.0. The second-order valence-electron chi connectivity index (χ2n) is 40.8. The number of Topliss-reactive ketones (excluding diaryl/α,β-unsaturated/α-hetero) is 1. The van der Waals surface area contributed by atoms with E-state index in [0.717, 1.165) is 0 Å². The molecular weight excluding hydrogens is 1810 g/mol. The molecule has 6 aliphatic rings. The predicted octanol–water partition coefficient (Wildman–Crippen LogP) is 5.38. The number of aliphatic hydroxyl groups is 8. The number of likely N-dealkylation sites (N-methyl/N-ethyl adjacent to an activating group) is 4. The van der Waals surface area contributed by atoms with Crippen molar-refractivity contribution in [3.8, 4) is 0 Å². The van der Waals surface area contributed by atoms with Crippen LogP contribution in [0.15, 0.2) is 0 Å². The van der Waals surface area contributed by atoms with Gasteiger partial charge < -0.3 is 147 Å². The maximum Gasteiger partial charge on any atom is 0.330 e. The zero-order valence-electron chi connectivity index (χ0n) is 85.7. The van der Waals surface area contributed by atoms with Crippen molar-refractivity contribution in [3.63, 3.8) is 0 Å². The molecule has 6 fully saturated rings. The summed E-state index contributed by atoms with van der Waals surface area (Å²) in [4.78, 5) is 114. The van der Waals surface area contributed by atoms with Crippen molar-refractivity contribution in [2.45, 2.75) is 417 Å². The van der Waals surface area contributed by atoms with Gasteiger partial charge in [-0.15, -0.1) is 0 Å². The van der Waals surface area contributed by atoms with Gasteiger partial charge in [0.1, 0.15) is 65.7 Å². The fourth-order valence-corrected chi connectivity index (χ4v) is 22.7. The Balaban J connectivity index is 0.000000481. The SMILES string of the molecule is CCOC(=O)[C@H](CSSC[C@H](NC(C)=O)C(=O)O[C@H]1[C@H](O[C@@H]2[C@@H](C)[C@H](O[C@H]3C[C@@](C)(OC)[C@@H](O)[C@H](C)O3)[C@@H](C)C(=O)O[C@H](CC)[C@@](C)(O)[C@H](O)[C@@H](C)N(C)C[C@H](C)C[C@@]2(C)O)O[C@H](C)C[C@@H]1N(C)C)CC(C)=O.CC[C@H]1OC(=O)[C@H](C)[C@@H](O[C@H]2C[C@@](C)(OC)[C@@H](O)[C@H](C)O2)[C@H](C)[C@@H](O[C@@H]2O[C@H](C)C[C@H](N(C)C)[C@H]2OC(=O)[C@H](CS)NC(C)=O)[C@](C)(O)C[C@@H](C)CN(C)[C@H](C)[C@@H](O)[C@]1(C)O. The number of amides is 2. The zero-order chi connectivity index (χ0) is 102. The van der Waals surface area contributed by atoms with Crippen LogP contribution in [0.2, 0.25) is 0 Å². The van der Waals surface area contributed by atoms with Crippen LogP contribution in [0.1, 0.15) is 224 Å². The van der Waals surface area contributed by atoms with Crippen LogP contribution in [0.5, 0.6) is 0 Å². The molecule has 40 heteroatoms. The Morgan fingerprint density at radius 1 is 0.515 bits per heavy atom. The average molecular weight is 1980 g/mol. The van der Waals surface area contributed by atoms with E-state index in [1.165, 1.54) is 70.4 Å². The summed E-state index contributed by atoms with van der Waals surface area (Å²) in [5, 5.41) is 100. The highest BCUT2D eigenvalue weighted by atomic mass is 33.1. The van der Waals surface area contributed by atoms with E-state index in [2.05, 4.69) is 23.3 Å². The highest BCUT2D eigenvalue weighted by Gasteiger charge is 2.58. The fourth-order valence-electron chi connectivity index (χ4n) is 20.0. The van der Waals surface area contributed by atoms with Crippen molar-refractivity contribution in [1.29, 1.82) is 0 Å². The molecule has 6 aliphatic heterocycles. The molecule has 0 aromatic rings. The second kappa shape index (κ2) is 52.4. The summed E-state index contributed by atoms with van der Waals surface area (Å²) in [6.07, 6.45) is -19.3. The molecule has 2 amide bonds. The third kappa shape index (κ3) is 32.1. The summed E-state index contributed by atoms with van der Waals surface area (Å²) in [6.45, 7) is 41.0. The smallest absolute Gasteiger partial charge is 0.330 e. The molecule has 0 bridgehead atoms. The molecule has 134 heavy (non-hydrogen) atoms. The van der Waals surface area contributed by atoms with Crippen LogP contribution in [0.3, 0.4) is 0 Å². The Morgan fingerprint density at radius 2 is 0.873 bits per heavy atom. The number of cyclic esters (lactones) is 2. The minimum absolute atomic E-state index is 0.00782. The van der Waals surface area contributed by atoms with Crippen LogP contribution in [0.4, 0.5) is 0 Å². The Morgan fingerprint density at radius 3 is 1.20 bits per heavy atom. The summed E-state index contributed by atoms with van der Waals surface area (Å²) >= 11 is 4.28. The van der Waals surface area contributed by atoms with Gasteiger partial charge in [-0.3, -0.25) is 24.0 Å². The maximum absolute atomic E-state index is 14.6. The molecule has 6 heterocycles. The summed E-state index contributed by atoms with van der Waals surface area (Å²) < 4.78 is 94.6. The largest absolute Gasteiger partial charge is 0.466 e. The minimum Gasteiger partial charge on any atom is -0.466 e. The lowest BCUT2D eigenvalue weighted by atomic mass is 9.77. The number of hydrogen-bond acceptors (Lipinski definition) is 38. The Bertz CT molecular complexity index is 3700. The molecule has 0 radical (unpaired) electrons. The van der Waals surface area contributed by atoms with E-state index in [-0.39, 0.29) is 92.5 Å². The molecule has 0 spiro atoms. The Hall–Kier alpha value is -3.87. The minimum atomic E-state index is -1.89. The van der Waals surface area contributed by atoms with E-state index in [1.54, 1.807) is 111 Å². The molecule has 0 aliphatic carbocycles. The molecule has 6 rings (SSSR count). The van der Waals surface area contributed by atoms with Gasteiger partial charge in [0.15, 0.2) is 37.4 Å². The fraction of sp³-hybridized carbons (Fsp3) is 0.915. The number of carbonyl (C=O) groups excluding carboxylic acids is 8. The first-order chi connectivity index (χ1) is 62.0. The number of thiol groups is 1. The Kier molecular flexibility index (Phi) is 47.2. The van der Waals surface area contributed by atoms with Gasteiger partial charge in [-0.1, -0.05) is 63.1 Å². The van der Waals surface area contributed by atoms with Crippen LogP contribution in [-0.2, 0) is 109 Å². The number of ether oxygens (including phenoxy) is 15. The van der Waals surface area contributed by atoms with Gasteiger partial charge in [0.05, 0.1) is 108 Å². The van der Waals surface area contributed by atoms with Gasteiger partial charge in [-0.05, 0) is 203 Å². The standard InChI is InChI=1S/C51H91N3O17S2.C43H79N3O14S/c1-18-38-51(13,63)42(57)32(8)54(16)24-27(3)22-49(11,62)44(30(6)40(31(7)45(59)68-38)69-39-23-50(12,64-17)43(58)33(9)67-39)71-48-41(37(53(14)15)21-29(5)66-48)70-47(61)36(52-34(10)56)26-73-72-25-35(20-28(4)55)46(60)65-19-2;1-16-31-43(11,53)35(48)26(6)46(14)20-22(2)18-41(9,52)37(24(4)33(25(5)38(50)57-31)58-32-19-42(10,54-15)36(49)27(7)56-32)60-40-34(30(45(12)13)17-23(3)55-40)59-39(51)29(21-61)44-28(8)47/h27,29-33,35-44,48,57-58,62-63H,18-26H2,1-17H3,(H,52,56);22-27,29-37,40,48-49,52-53,61H,16-21H2,1-15H3,(H,44,47)/t27-,29-,30+,31-,32-,33+,35+,36+,37+,38-,39+,40+,41-,42-,43+,44-,48+,49-,50-,51-;22-,23-,24+,25-,26-,27+,29+,30+,31-,32+,33+,34-,35-,36+,37-,40+,41-,42-,43-/m11/s1. The molecule has 0 saturated carbocycles. The van der Waals surface area contributed by atoms with Gasteiger partial charge in [-0.25, -0.2) is 9.59 Å². The molecule has 0 aromatic heterocycles. The Labute approximate surface area is 809 Å². The lowest BCUT2D eigenvalue weighted by Crippen LogP contribution is -2.61. The van der Waals surface area contributed by atoms with E-state index in [0.29, 0.717) is 25.9 Å². The van der Waals surface area contributed by atoms with Gasteiger partial charge in [0, 0.05) is 102 Å².